The molecule has 4 nitrogen and oxygen atoms in total. The van der Waals surface area contributed by atoms with Gasteiger partial charge in [-0.2, -0.15) is 0 Å². The smallest absolute Gasteiger partial charge is 0.241 e. The first-order valence-corrected chi connectivity index (χ1v) is 9.29. The van der Waals surface area contributed by atoms with Crippen molar-refractivity contribution in [3.63, 3.8) is 0 Å². The summed E-state index contributed by atoms with van der Waals surface area (Å²) in [4.78, 5) is 15.0. The van der Waals surface area contributed by atoms with E-state index < -0.39 is 0 Å². The van der Waals surface area contributed by atoms with Crippen LogP contribution in [0.1, 0.15) is 36.4 Å². The lowest BCUT2D eigenvalue weighted by molar-refractivity contribution is -0.134. The highest BCUT2D eigenvalue weighted by Gasteiger charge is 2.39. The van der Waals surface area contributed by atoms with E-state index in [0.717, 1.165) is 24.0 Å². The average molecular weight is 374 g/mol. The van der Waals surface area contributed by atoms with Gasteiger partial charge in [0.1, 0.15) is 11.9 Å². The van der Waals surface area contributed by atoms with Gasteiger partial charge in [-0.25, -0.2) is 15.2 Å². The number of hydrogen-bond donors (Lipinski definition) is 2. The van der Waals surface area contributed by atoms with Gasteiger partial charge in [-0.1, -0.05) is 35.9 Å². The van der Waals surface area contributed by atoms with Gasteiger partial charge in [-0.15, -0.1) is 0 Å². The molecular formula is C20H21ClFN3O. The Balaban J connectivity index is 1.44. The van der Waals surface area contributed by atoms with E-state index in [2.05, 4.69) is 10.9 Å². The zero-order valence-electron chi connectivity index (χ0n) is 14.3. The van der Waals surface area contributed by atoms with E-state index >= 15 is 0 Å². The summed E-state index contributed by atoms with van der Waals surface area (Å²) < 4.78 is 13.1. The van der Waals surface area contributed by atoms with Gasteiger partial charge in [0.2, 0.25) is 5.91 Å². The number of rotatable bonds is 5. The summed E-state index contributed by atoms with van der Waals surface area (Å²) >= 11 is 6.07. The highest BCUT2D eigenvalue weighted by molar-refractivity contribution is 6.30. The monoisotopic (exact) mass is 373 g/mol. The zero-order chi connectivity index (χ0) is 18.1. The van der Waals surface area contributed by atoms with E-state index in [-0.39, 0.29) is 23.8 Å². The number of halogens is 2. The van der Waals surface area contributed by atoms with Gasteiger partial charge in [-0.05, 0) is 54.7 Å². The molecule has 2 aromatic rings. The van der Waals surface area contributed by atoms with E-state index in [1.54, 1.807) is 12.1 Å². The molecule has 2 N–H and O–H groups in total. The standard InChI is InChI=1S/C20H21ClFN3O/c21-15-3-1-2-14(10-15)18-11-19(24-23-18)20(26)25(17-8-9-17)12-13-4-6-16(22)7-5-13/h1-7,10,17-19,23-24H,8-9,11-12H2. The lowest BCUT2D eigenvalue weighted by Crippen LogP contribution is -2.46. The van der Waals surface area contributed by atoms with Crippen LogP contribution in [0.3, 0.4) is 0 Å². The lowest BCUT2D eigenvalue weighted by atomic mass is 10.0. The van der Waals surface area contributed by atoms with Crippen molar-refractivity contribution in [2.75, 3.05) is 0 Å². The molecule has 1 aliphatic heterocycles. The Labute approximate surface area is 157 Å². The van der Waals surface area contributed by atoms with Crippen LogP contribution in [0.25, 0.3) is 0 Å². The van der Waals surface area contributed by atoms with Crippen molar-refractivity contribution in [3.05, 3.63) is 70.5 Å². The fourth-order valence-corrected chi connectivity index (χ4v) is 3.62. The van der Waals surface area contributed by atoms with Crippen LogP contribution >= 0.6 is 11.6 Å². The number of nitrogens with one attached hydrogen (secondary N) is 2. The number of benzene rings is 2. The normalized spacial score (nSPS) is 22.4. The molecule has 26 heavy (non-hydrogen) atoms. The molecule has 136 valence electrons. The highest BCUT2D eigenvalue weighted by Crippen LogP contribution is 2.31. The van der Waals surface area contributed by atoms with Crippen LogP contribution in [-0.2, 0) is 11.3 Å². The zero-order valence-corrected chi connectivity index (χ0v) is 15.0. The second-order valence-electron chi connectivity index (χ2n) is 7.01. The van der Waals surface area contributed by atoms with Gasteiger partial charge >= 0.3 is 0 Å². The summed E-state index contributed by atoms with van der Waals surface area (Å²) in [5, 5.41) is 0.690. The predicted molar refractivity (Wildman–Crippen MR) is 98.8 cm³/mol. The minimum Gasteiger partial charge on any atom is -0.334 e. The maximum Gasteiger partial charge on any atom is 0.241 e. The van der Waals surface area contributed by atoms with Crippen molar-refractivity contribution in [2.45, 2.75) is 43.9 Å². The van der Waals surface area contributed by atoms with E-state index in [9.17, 15) is 9.18 Å². The second-order valence-corrected chi connectivity index (χ2v) is 7.44. The first kappa shape index (κ1) is 17.5. The third-order valence-corrected chi connectivity index (χ3v) is 5.22. The molecule has 1 aliphatic carbocycles. The van der Waals surface area contributed by atoms with Crippen LogP contribution in [0.4, 0.5) is 4.39 Å². The third kappa shape index (κ3) is 3.90. The lowest BCUT2D eigenvalue weighted by Gasteiger charge is -2.25. The molecule has 2 atom stereocenters. The molecule has 0 aromatic heterocycles. The quantitative estimate of drug-likeness (QED) is 0.842. The summed E-state index contributed by atoms with van der Waals surface area (Å²) in [6, 6.07) is 14.1. The fourth-order valence-electron chi connectivity index (χ4n) is 3.42. The maximum absolute atomic E-state index is 13.1. The van der Waals surface area contributed by atoms with Crippen molar-refractivity contribution in [1.82, 2.24) is 15.8 Å². The molecule has 0 radical (unpaired) electrons. The minimum absolute atomic E-state index is 0.0505. The van der Waals surface area contributed by atoms with Gasteiger partial charge in [-0.3, -0.25) is 4.79 Å². The molecule has 1 amide bonds. The molecule has 2 aliphatic rings. The van der Waals surface area contributed by atoms with Crippen LogP contribution in [0, 0.1) is 5.82 Å². The summed E-state index contributed by atoms with van der Waals surface area (Å²) in [6.45, 7) is 0.518. The first-order valence-electron chi connectivity index (χ1n) is 8.91. The van der Waals surface area contributed by atoms with Crippen LogP contribution < -0.4 is 10.9 Å². The van der Waals surface area contributed by atoms with Crippen molar-refractivity contribution in [3.8, 4) is 0 Å². The third-order valence-electron chi connectivity index (χ3n) is 4.99. The number of carbonyl (C=O) groups is 1. The number of amides is 1. The Bertz CT molecular complexity index is 794. The van der Waals surface area contributed by atoms with Crippen LogP contribution in [0.5, 0.6) is 0 Å². The molecule has 1 saturated heterocycles. The van der Waals surface area contributed by atoms with Gasteiger partial charge < -0.3 is 4.90 Å². The Kier molecular flexibility index (Phi) is 4.94. The summed E-state index contributed by atoms with van der Waals surface area (Å²) in [6.07, 6.45) is 2.74. The minimum atomic E-state index is -0.278. The fraction of sp³-hybridized carbons (Fsp3) is 0.350. The van der Waals surface area contributed by atoms with E-state index in [0.29, 0.717) is 24.0 Å². The predicted octanol–water partition coefficient (Wildman–Crippen LogP) is 3.58. The second kappa shape index (κ2) is 7.35. The Hall–Kier alpha value is -1.95. The number of nitrogens with zero attached hydrogens (tertiary/aromatic N) is 1. The van der Waals surface area contributed by atoms with Crippen molar-refractivity contribution < 1.29 is 9.18 Å². The molecular weight excluding hydrogens is 353 g/mol. The van der Waals surface area contributed by atoms with Crippen molar-refractivity contribution >= 4 is 17.5 Å². The molecule has 1 saturated carbocycles. The van der Waals surface area contributed by atoms with E-state index in [4.69, 9.17) is 11.6 Å². The largest absolute Gasteiger partial charge is 0.334 e. The molecule has 1 heterocycles. The van der Waals surface area contributed by atoms with Crippen molar-refractivity contribution in [2.24, 2.45) is 0 Å². The Morgan fingerprint density at radius 1 is 1.15 bits per heavy atom. The Morgan fingerprint density at radius 2 is 1.92 bits per heavy atom. The number of carbonyl (C=O) groups excluding carboxylic acids is 1. The Morgan fingerprint density at radius 3 is 2.62 bits per heavy atom. The molecule has 0 spiro atoms. The SMILES string of the molecule is O=C(C1CC(c2cccc(Cl)c2)NN1)N(Cc1ccc(F)cc1)C1CC1. The van der Waals surface area contributed by atoms with E-state index in [1.165, 1.54) is 12.1 Å². The van der Waals surface area contributed by atoms with Gasteiger partial charge in [0, 0.05) is 23.7 Å². The molecule has 4 rings (SSSR count). The van der Waals surface area contributed by atoms with Gasteiger partial charge in [0.25, 0.3) is 0 Å². The first-order chi connectivity index (χ1) is 12.6. The summed E-state index contributed by atoms with van der Waals surface area (Å²) in [7, 11) is 0. The topological polar surface area (TPSA) is 44.4 Å². The molecule has 2 fully saturated rings. The molecule has 2 unspecified atom stereocenters. The van der Waals surface area contributed by atoms with Crippen LogP contribution in [-0.4, -0.2) is 22.9 Å². The van der Waals surface area contributed by atoms with Crippen LogP contribution in [0.2, 0.25) is 5.02 Å². The molecule has 2 aromatic carbocycles. The van der Waals surface area contributed by atoms with Gasteiger partial charge in [0.05, 0.1) is 0 Å². The number of hydrogen-bond acceptors (Lipinski definition) is 3. The number of hydrazine groups is 1. The molecule has 6 heteroatoms. The summed E-state index contributed by atoms with van der Waals surface area (Å²) in [5.41, 5.74) is 8.36. The molecule has 0 bridgehead atoms. The van der Waals surface area contributed by atoms with Gasteiger partial charge in [0.15, 0.2) is 0 Å². The highest BCUT2D eigenvalue weighted by atomic mass is 35.5. The van der Waals surface area contributed by atoms with E-state index in [1.807, 2.05) is 29.2 Å². The summed E-state index contributed by atoms with van der Waals surface area (Å²) in [5.74, 6) is -0.169. The maximum atomic E-state index is 13.1. The van der Waals surface area contributed by atoms with Crippen molar-refractivity contribution in [1.29, 1.82) is 0 Å². The average Bonchev–Trinajstić information content (AvgIpc) is 3.36. The van der Waals surface area contributed by atoms with Crippen LogP contribution in [0.15, 0.2) is 48.5 Å².